The zero-order chi connectivity index (χ0) is 45.7. The van der Waals surface area contributed by atoms with Crippen molar-refractivity contribution in [2.24, 2.45) is 11.8 Å². The molecule has 2 aromatic heterocycles. The summed E-state index contributed by atoms with van der Waals surface area (Å²) in [5.41, 5.74) is 6.21. The molecule has 4 N–H and O–H groups in total. The van der Waals surface area contributed by atoms with E-state index in [1.807, 2.05) is 75.6 Å². The molecule has 0 unspecified atom stereocenters. The Balaban J connectivity index is 1.06. The molecule has 8 rings (SSSR count). The number of hydrogen-bond acceptors (Lipinski definition) is 10. The second-order valence-corrected chi connectivity index (χ2v) is 18.3. The molecule has 4 aliphatic rings. The summed E-state index contributed by atoms with van der Waals surface area (Å²) in [7, 11) is 2.57. The van der Waals surface area contributed by atoms with Gasteiger partial charge in [-0.25, -0.2) is 19.6 Å². The van der Waals surface area contributed by atoms with E-state index in [4.69, 9.17) is 52.1 Å². The Morgan fingerprint density at radius 2 is 1.09 bits per heavy atom. The largest absolute Gasteiger partial charge is 0.488 e. The van der Waals surface area contributed by atoms with Gasteiger partial charge in [-0.1, -0.05) is 63.7 Å². The first kappa shape index (κ1) is 45.1. The third-order valence-corrected chi connectivity index (χ3v) is 14.2. The summed E-state index contributed by atoms with van der Waals surface area (Å²) in [5, 5.41) is 6.18. The van der Waals surface area contributed by atoms with Crippen molar-refractivity contribution in [1.82, 2.24) is 40.4 Å². The number of imidazole rings is 2. The number of carbonyl (C=O) groups is 4. The molecule has 8 atom stereocenters. The van der Waals surface area contributed by atoms with Crippen molar-refractivity contribution in [1.29, 1.82) is 0 Å². The van der Waals surface area contributed by atoms with E-state index in [0.717, 1.165) is 46.2 Å². The van der Waals surface area contributed by atoms with Gasteiger partial charge in [-0.3, -0.25) is 9.59 Å². The van der Waals surface area contributed by atoms with Crippen molar-refractivity contribution < 1.29 is 38.1 Å². The van der Waals surface area contributed by atoms with E-state index in [9.17, 15) is 19.2 Å². The lowest BCUT2D eigenvalue weighted by Crippen LogP contribution is -2.53. The third-order valence-electron chi connectivity index (χ3n) is 13.6. The molecule has 4 amide bonds. The first-order chi connectivity index (χ1) is 30.7. The lowest BCUT2D eigenvalue weighted by atomic mass is 9.87. The molecule has 0 radical (unpaired) electrons. The summed E-state index contributed by atoms with van der Waals surface area (Å²) in [6.45, 7) is 12.3. The minimum atomic E-state index is -0.760. The van der Waals surface area contributed by atoms with Crippen LogP contribution in [-0.4, -0.2) is 92.1 Å². The Kier molecular flexibility index (Phi) is 12.8. The van der Waals surface area contributed by atoms with Gasteiger partial charge in [0.25, 0.3) is 0 Å². The topological polar surface area (TPSA) is 193 Å². The number of alkyl carbamates (subject to hydrolysis) is 2. The molecule has 6 heterocycles. The van der Waals surface area contributed by atoms with Crippen LogP contribution in [0.5, 0.6) is 11.5 Å². The van der Waals surface area contributed by atoms with Crippen LogP contribution in [0.15, 0.2) is 24.3 Å². The number of aromatic nitrogens is 4. The number of aromatic amines is 2. The Hall–Kier alpha value is -5.48. The zero-order valence-electron chi connectivity index (χ0n) is 37.4. The van der Waals surface area contributed by atoms with Crippen LogP contribution >= 0.6 is 23.2 Å². The lowest BCUT2D eigenvalue weighted by molar-refractivity contribution is -0.138. The maximum absolute atomic E-state index is 14.1. The third kappa shape index (κ3) is 8.12. The quantitative estimate of drug-likeness (QED) is 0.107. The predicted molar refractivity (Wildman–Crippen MR) is 240 cm³/mol. The van der Waals surface area contributed by atoms with Gasteiger partial charge < -0.3 is 49.3 Å². The molecule has 4 aliphatic heterocycles. The fourth-order valence-corrected chi connectivity index (χ4v) is 10.2. The highest BCUT2D eigenvalue weighted by molar-refractivity contribution is 6.32. The molecule has 2 fully saturated rings. The van der Waals surface area contributed by atoms with E-state index >= 15 is 0 Å². The molecular weight excluding hydrogens is 863 g/mol. The van der Waals surface area contributed by atoms with Gasteiger partial charge in [-0.05, 0) is 75.6 Å². The smallest absolute Gasteiger partial charge is 0.407 e. The molecule has 2 saturated heterocycles. The van der Waals surface area contributed by atoms with Gasteiger partial charge in [-0.2, -0.15) is 0 Å². The summed E-state index contributed by atoms with van der Waals surface area (Å²) >= 11 is 13.8. The zero-order valence-corrected chi connectivity index (χ0v) is 38.9. The first-order valence-electron chi connectivity index (χ1n) is 22.1. The molecule has 342 valence electrons. The Morgan fingerprint density at radius 3 is 1.45 bits per heavy atom. The van der Waals surface area contributed by atoms with Crippen molar-refractivity contribution in [2.75, 3.05) is 14.2 Å². The van der Waals surface area contributed by atoms with Gasteiger partial charge >= 0.3 is 12.2 Å². The number of benzene rings is 2. The Morgan fingerprint density at radius 1 is 0.703 bits per heavy atom. The monoisotopic (exact) mass is 918 g/mol. The Bertz CT molecular complexity index is 2250. The predicted octanol–water partition coefficient (Wildman–Crippen LogP) is 8.87. The van der Waals surface area contributed by atoms with Gasteiger partial charge in [0.1, 0.15) is 70.1 Å². The highest BCUT2D eigenvalue weighted by Crippen LogP contribution is 2.52. The van der Waals surface area contributed by atoms with Gasteiger partial charge in [0, 0.05) is 45.5 Å². The first-order valence-corrected chi connectivity index (χ1v) is 22.9. The van der Waals surface area contributed by atoms with E-state index in [2.05, 4.69) is 20.6 Å². The molecular formula is C46H56Cl2N8O8. The summed E-state index contributed by atoms with van der Waals surface area (Å²) in [4.78, 5) is 72.9. The molecule has 0 aliphatic carbocycles. The van der Waals surface area contributed by atoms with Crippen LogP contribution in [0.4, 0.5) is 9.59 Å². The number of amides is 4. The number of rotatable bonds is 12. The molecule has 18 heteroatoms. The highest BCUT2D eigenvalue weighted by atomic mass is 35.5. The van der Waals surface area contributed by atoms with Crippen molar-refractivity contribution in [3.05, 3.63) is 57.3 Å². The molecule has 2 aromatic carbocycles. The van der Waals surface area contributed by atoms with E-state index in [1.165, 1.54) is 14.2 Å². The summed E-state index contributed by atoms with van der Waals surface area (Å²) in [6.07, 6.45) is 2.94. The van der Waals surface area contributed by atoms with Gasteiger partial charge in [0.15, 0.2) is 0 Å². The standard InChI is InChI=1S/C46H56Cl2N8O8/c1-9-21(3)35(51-45(59)61-7)43(57)55-23(5)11-13-29(55)41-49-37(39(47)53-41)25-15-27-19-64-32-18-26(16-28-20-63-31(17-25)33(27)34(28)32)38-40(48)54-42(50-38)30-14-12-24(6)56(30)44(58)36(22(4)10-2)52-46(60)62-8/h15-18,21-24,29-30,35-36H,9-14,19-20H2,1-8H3,(H,49,53)(H,50,54)(H,51,59)(H,52,60)/t21-,22-,23+,24+,29+,30+,35+,36+/m1/s1. The molecule has 4 aromatic rings. The van der Waals surface area contributed by atoms with Crippen LogP contribution in [0.3, 0.4) is 0 Å². The van der Waals surface area contributed by atoms with Gasteiger partial charge in [0.2, 0.25) is 11.8 Å². The molecule has 0 bridgehead atoms. The van der Waals surface area contributed by atoms with Crippen LogP contribution in [0.25, 0.3) is 33.6 Å². The van der Waals surface area contributed by atoms with Crippen molar-refractivity contribution in [3.63, 3.8) is 0 Å². The van der Waals surface area contributed by atoms with Gasteiger partial charge in [-0.15, -0.1) is 0 Å². The van der Waals surface area contributed by atoms with Crippen LogP contribution in [0.1, 0.15) is 115 Å². The summed E-state index contributed by atoms with van der Waals surface area (Å²) < 4.78 is 22.6. The average Bonchev–Trinajstić information content (AvgIpc) is 4.09. The number of halogens is 2. The molecule has 0 spiro atoms. The fraction of sp³-hybridized carbons (Fsp3) is 0.522. The molecule has 0 saturated carbocycles. The normalized spacial score (nSPS) is 21.5. The van der Waals surface area contributed by atoms with E-state index in [1.54, 1.807) is 0 Å². The number of carbonyl (C=O) groups excluding carboxylic acids is 4. The van der Waals surface area contributed by atoms with Crippen LogP contribution < -0.4 is 20.1 Å². The maximum Gasteiger partial charge on any atom is 0.407 e. The SMILES string of the molecule is CC[C@@H](C)[C@H](NC(=O)OC)C(=O)N1[C@@H](C)CC[C@H]1c1nc(-c2cc3c4c(c2)OCc2cc(-c5nc([C@@H]6CC[C@H](C)N6C(=O)[C@@H](NC(=O)OC)[C@H](C)CC)[nH]c5Cl)cc(c2-4)OC3)c(Cl)[nH]1. The fourth-order valence-electron chi connectivity index (χ4n) is 9.70. The van der Waals surface area contributed by atoms with Crippen molar-refractivity contribution in [2.45, 2.75) is 130 Å². The van der Waals surface area contributed by atoms with E-state index in [0.29, 0.717) is 70.5 Å². The summed E-state index contributed by atoms with van der Waals surface area (Å²) in [6, 6.07) is 5.46. The minimum absolute atomic E-state index is 0.0850. The Labute approximate surface area is 382 Å². The number of nitrogens with one attached hydrogen (secondary N) is 4. The number of likely N-dealkylation sites (tertiary alicyclic amines) is 2. The summed E-state index contributed by atoms with van der Waals surface area (Å²) in [5.74, 6) is 1.85. The average molecular weight is 920 g/mol. The van der Waals surface area contributed by atoms with Crippen LogP contribution in [0, 0.1) is 11.8 Å². The number of nitrogens with zero attached hydrogens (tertiary/aromatic N) is 4. The second kappa shape index (κ2) is 18.2. The van der Waals surface area contributed by atoms with E-state index < -0.39 is 24.3 Å². The van der Waals surface area contributed by atoms with Gasteiger partial charge in [0.05, 0.1) is 26.3 Å². The number of ether oxygens (including phenoxy) is 4. The lowest BCUT2D eigenvalue weighted by Gasteiger charge is -2.33. The number of hydrogen-bond donors (Lipinski definition) is 4. The number of H-pyrrole nitrogens is 2. The molecule has 16 nitrogen and oxygen atoms in total. The maximum atomic E-state index is 14.1. The highest BCUT2D eigenvalue weighted by Gasteiger charge is 2.44. The van der Waals surface area contributed by atoms with Crippen LogP contribution in [0.2, 0.25) is 10.3 Å². The van der Waals surface area contributed by atoms with E-state index in [-0.39, 0.29) is 61.0 Å². The second-order valence-electron chi connectivity index (χ2n) is 17.5. The van der Waals surface area contributed by atoms with Crippen molar-refractivity contribution in [3.8, 4) is 45.1 Å². The number of methoxy groups -OCH3 is 2. The van der Waals surface area contributed by atoms with Crippen LogP contribution in [-0.2, 0) is 32.3 Å². The molecule has 64 heavy (non-hydrogen) atoms. The van der Waals surface area contributed by atoms with Crippen molar-refractivity contribution >= 4 is 47.2 Å². The minimum Gasteiger partial charge on any atom is -0.488 e.